The molecule has 0 saturated carbocycles. The lowest BCUT2D eigenvalue weighted by atomic mass is 9.97. The van der Waals surface area contributed by atoms with Gasteiger partial charge < -0.3 is 30.1 Å². The van der Waals surface area contributed by atoms with Crippen molar-refractivity contribution in [3.63, 3.8) is 0 Å². The normalized spacial score (nSPS) is 30.5. The van der Waals surface area contributed by atoms with Crippen LogP contribution in [-0.4, -0.2) is 64.8 Å². The van der Waals surface area contributed by atoms with E-state index < -0.39 is 43.2 Å². The summed E-state index contributed by atoms with van der Waals surface area (Å²) in [6, 6.07) is 5.30. The first-order valence-corrected chi connectivity index (χ1v) is 7.08. The van der Waals surface area contributed by atoms with Crippen LogP contribution in [0.2, 0.25) is 0 Å². The van der Waals surface area contributed by atoms with Gasteiger partial charge in [-0.2, -0.15) is 0 Å². The van der Waals surface area contributed by atoms with Gasteiger partial charge in [0.25, 0.3) is 0 Å². The van der Waals surface area contributed by atoms with Crippen molar-refractivity contribution in [3.05, 3.63) is 29.8 Å². The van der Waals surface area contributed by atoms with Crippen molar-refractivity contribution in [1.29, 1.82) is 0 Å². The van der Waals surface area contributed by atoms with Gasteiger partial charge in [0.05, 0.1) is 12.2 Å². The fraction of sp³-hybridized carbons (Fsp3) is 0.467. The molecule has 0 aliphatic carbocycles. The summed E-state index contributed by atoms with van der Waals surface area (Å²) in [7, 11) is 0. The Hall–Kier alpha value is -2.00. The minimum atomic E-state index is -1.40. The molecule has 23 heavy (non-hydrogen) atoms. The van der Waals surface area contributed by atoms with Gasteiger partial charge in [0.15, 0.2) is 6.29 Å². The molecule has 8 nitrogen and oxygen atoms in total. The van der Waals surface area contributed by atoms with Crippen LogP contribution >= 0.6 is 0 Å². The maximum atomic E-state index is 11.3. The van der Waals surface area contributed by atoms with E-state index >= 15 is 0 Å². The number of benzene rings is 1. The number of ether oxygens (including phenoxy) is 2. The van der Waals surface area contributed by atoms with E-state index in [1.807, 2.05) is 0 Å². The Labute approximate surface area is 132 Å². The van der Waals surface area contributed by atoms with Gasteiger partial charge in [0, 0.05) is 6.92 Å². The third kappa shape index (κ3) is 3.85. The van der Waals surface area contributed by atoms with E-state index in [-0.39, 0.29) is 11.3 Å². The summed E-state index contributed by atoms with van der Waals surface area (Å²) in [6.45, 7) is 0.702. The molecule has 0 unspecified atom stereocenters. The molecule has 0 spiro atoms. The van der Waals surface area contributed by atoms with Crippen LogP contribution < -0.4 is 10.1 Å². The second kappa shape index (κ2) is 7.51. The van der Waals surface area contributed by atoms with Gasteiger partial charge in [0.1, 0.15) is 30.1 Å². The third-order valence-corrected chi connectivity index (χ3v) is 3.54. The Kier molecular flexibility index (Phi) is 5.67. The number of amides is 1. The number of nitrogens with one attached hydrogen (secondary N) is 1. The molecule has 1 aromatic carbocycles. The SMILES string of the molecule is CC(=O)N[C@H]1[C@@H](Oc2ccccc2C=O)O[C@@H](CO)[C@@H](O)[C@@H]1O. The van der Waals surface area contributed by atoms with Crippen LogP contribution in [0, 0.1) is 0 Å². The number of hydrogen-bond donors (Lipinski definition) is 4. The molecule has 1 aliphatic rings. The van der Waals surface area contributed by atoms with Gasteiger partial charge in [-0.25, -0.2) is 0 Å². The molecule has 1 heterocycles. The lowest BCUT2D eigenvalue weighted by Crippen LogP contribution is -2.65. The molecule has 0 aromatic heterocycles. The molecule has 1 amide bonds. The first-order chi connectivity index (χ1) is 11.0. The first-order valence-electron chi connectivity index (χ1n) is 7.08. The Bertz CT molecular complexity index is 565. The summed E-state index contributed by atoms with van der Waals surface area (Å²) in [5.74, 6) is -0.257. The number of rotatable bonds is 5. The molecule has 1 saturated heterocycles. The summed E-state index contributed by atoms with van der Waals surface area (Å²) < 4.78 is 11.0. The van der Waals surface area contributed by atoms with Crippen LogP contribution in [0.5, 0.6) is 5.75 Å². The van der Waals surface area contributed by atoms with Crippen LogP contribution in [0.1, 0.15) is 17.3 Å². The molecule has 8 heteroatoms. The van der Waals surface area contributed by atoms with E-state index in [0.29, 0.717) is 6.29 Å². The van der Waals surface area contributed by atoms with Gasteiger partial charge in [-0.15, -0.1) is 0 Å². The number of hydrogen-bond acceptors (Lipinski definition) is 7. The van der Waals surface area contributed by atoms with Gasteiger partial charge in [-0.3, -0.25) is 9.59 Å². The van der Waals surface area contributed by atoms with Gasteiger partial charge in [-0.05, 0) is 12.1 Å². The highest BCUT2D eigenvalue weighted by molar-refractivity contribution is 5.79. The number of aldehydes is 1. The number of carbonyl (C=O) groups excluding carboxylic acids is 2. The average molecular weight is 325 g/mol. The van der Waals surface area contributed by atoms with Crippen molar-refractivity contribution in [2.75, 3.05) is 6.61 Å². The Morgan fingerprint density at radius 2 is 2.04 bits per heavy atom. The zero-order chi connectivity index (χ0) is 17.0. The Morgan fingerprint density at radius 1 is 1.35 bits per heavy atom. The molecule has 1 fully saturated rings. The van der Waals surface area contributed by atoms with Crippen molar-refractivity contribution < 1.29 is 34.4 Å². The van der Waals surface area contributed by atoms with Crippen LogP contribution in [0.25, 0.3) is 0 Å². The zero-order valence-electron chi connectivity index (χ0n) is 12.5. The lowest BCUT2D eigenvalue weighted by Gasteiger charge is -2.42. The molecule has 0 bridgehead atoms. The summed E-state index contributed by atoms with van der Waals surface area (Å²) >= 11 is 0. The second-order valence-corrected chi connectivity index (χ2v) is 5.21. The summed E-state index contributed by atoms with van der Waals surface area (Å²) in [5, 5.41) is 31.7. The van der Waals surface area contributed by atoms with Crippen molar-refractivity contribution in [3.8, 4) is 5.75 Å². The van der Waals surface area contributed by atoms with E-state index in [2.05, 4.69) is 5.32 Å². The lowest BCUT2D eigenvalue weighted by molar-refractivity contribution is -0.244. The number of carbonyl (C=O) groups is 2. The summed E-state index contributed by atoms with van der Waals surface area (Å²) in [6.07, 6.45) is -4.46. The van der Waals surface area contributed by atoms with E-state index in [1.165, 1.54) is 19.1 Å². The Balaban J connectivity index is 2.27. The number of para-hydroxylation sites is 1. The van der Waals surface area contributed by atoms with Crippen molar-refractivity contribution in [1.82, 2.24) is 5.32 Å². The molecule has 0 radical (unpaired) electrons. The van der Waals surface area contributed by atoms with Gasteiger partial charge in [-0.1, -0.05) is 12.1 Å². The molecular formula is C15H19NO7. The second-order valence-electron chi connectivity index (χ2n) is 5.21. The molecular weight excluding hydrogens is 306 g/mol. The van der Waals surface area contributed by atoms with Crippen LogP contribution in [0.3, 0.4) is 0 Å². The predicted octanol–water partition coefficient (Wildman–Crippen LogP) is -1.18. The molecule has 4 N–H and O–H groups in total. The first kappa shape index (κ1) is 17.4. The van der Waals surface area contributed by atoms with Crippen LogP contribution in [-0.2, 0) is 9.53 Å². The summed E-state index contributed by atoms with van der Waals surface area (Å²) in [4.78, 5) is 22.4. The molecule has 2 rings (SSSR count). The molecule has 126 valence electrons. The predicted molar refractivity (Wildman–Crippen MR) is 77.8 cm³/mol. The van der Waals surface area contributed by atoms with Gasteiger partial charge in [0.2, 0.25) is 12.2 Å². The smallest absolute Gasteiger partial charge is 0.223 e. The molecule has 1 aliphatic heterocycles. The van der Waals surface area contributed by atoms with E-state index in [9.17, 15) is 24.9 Å². The molecule has 5 atom stereocenters. The fourth-order valence-corrected chi connectivity index (χ4v) is 2.38. The summed E-state index contributed by atoms with van der Waals surface area (Å²) in [5.41, 5.74) is 0.263. The van der Waals surface area contributed by atoms with E-state index in [4.69, 9.17) is 9.47 Å². The highest BCUT2D eigenvalue weighted by Gasteiger charge is 2.46. The highest BCUT2D eigenvalue weighted by Crippen LogP contribution is 2.26. The van der Waals surface area contributed by atoms with Crippen LogP contribution in [0.15, 0.2) is 24.3 Å². The topological polar surface area (TPSA) is 125 Å². The van der Waals surface area contributed by atoms with Crippen molar-refractivity contribution in [2.45, 2.75) is 37.6 Å². The Morgan fingerprint density at radius 3 is 2.65 bits per heavy atom. The zero-order valence-corrected chi connectivity index (χ0v) is 12.5. The number of aliphatic hydroxyl groups excluding tert-OH is 3. The maximum Gasteiger partial charge on any atom is 0.223 e. The third-order valence-electron chi connectivity index (χ3n) is 3.54. The van der Waals surface area contributed by atoms with Crippen molar-refractivity contribution >= 4 is 12.2 Å². The fourth-order valence-electron chi connectivity index (χ4n) is 2.38. The number of aliphatic hydroxyl groups is 3. The van der Waals surface area contributed by atoms with E-state index in [1.54, 1.807) is 12.1 Å². The van der Waals surface area contributed by atoms with E-state index in [0.717, 1.165) is 0 Å². The highest BCUT2D eigenvalue weighted by atomic mass is 16.7. The van der Waals surface area contributed by atoms with Crippen molar-refractivity contribution in [2.24, 2.45) is 0 Å². The van der Waals surface area contributed by atoms with Gasteiger partial charge >= 0.3 is 0 Å². The standard InChI is InChI=1S/C15H19NO7/c1-8(19)16-12-14(21)13(20)11(7-18)23-15(12)22-10-5-3-2-4-9(10)6-17/h2-6,11-15,18,20-21H,7H2,1H3,(H,16,19)/t11-,12+,13+,14+,15-/m0/s1. The molecule has 1 aromatic rings. The largest absolute Gasteiger partial charge is 0.462 e. The monoisotopic (exact) mass is 325 g/mol. The van der Waals surface area contributed by atoms with Crippen LogP contribution in [0.4, 0.5) is 0 Å². The quantitative estimate of drug-likeness (QED) is 0.502. The maximum absolute atomic E-state index is 11.3. The minimum absolute atomic E-state index is 0.197. The average Bonchev–Trinajstić information content (AvgIpc) is 2.54. The minimum Gasteiger partial charge on any atom is -0.462 e.